The molecule has 1 aromatic heterocycles. The highest BCUT2D eigenvalue weighted by molar-refractivity contribution is 5.89. The first-order valence-electron chi connectivity index (χ1n) is 12.8. The molecule has 0 spiro atoms. The molecule has 2 aliphatic carbocycles. The molecule has 3 fully saturated rings. The smallest absolute Gasteiger partial charge is 0.309 e. The first kappa shape index (κ1) is 25.1. The standard InChI is InChI=1S/C28H39NO5/c1-16-8-9-22(29-15-16)10-17(2)23-12-21-11-19(21)6-5-7-20-14-28(4,24(30)13-25(31)34-23)27(33)18(3)26(20)32/h8-10,15,18-21,23-24,26,30,32H,5-7,11-14H2,1-4H3/b17-10+/t18-,19+,20-,21+,23-,24+,26-,28-/m1/s1. The molecule has 2 saturated carbocycles. The maximum absolute atomic E-state index is 13.1. The van der Waals surface area contributed by atoms with Crippen molar-refractivity contribution in [3.63, 3.8) is 0 Å². The second kappa shape index (κ2) is 9.90. The number of ether oxygens (including phenoxy) is 1. The zero-order valence-electron chi connectivity index (χ0n) is 20.9. The van der Waals surface area contributed by atoms with Crippen LogP contribution in [0.5, 0.6) is 0 Å². The minimum Gasteiger partial charge on any atom is -0.458 e. The van der Waals surface area contributed by atoms with E-state index in [0.29, 0.717) is 18.3 Å². The van der Waals surface area contributed by atoms with Gasteiger partial charge >= 0.3 is 5.97 Å². The molecule has 1 aromatic rings. The average Bonchev–Trinajstić information content (AvgIpc) is 3.53. The van der Waals surface area contributed by atoms with Crippen molar-refractivity contribution >= 4 is 17.8 Å². The average molecular weight is 470 g/mol. The van der Waals surface area contributed by atoms with Crippen molar-refractivity contribution in [2.45, 2.75) is 91.0 Å². The third-order valence-electron chi connectivity index (χ3n) is 8.58. The van der Waals surface area contributed by atoms with Gasteiger partial charge in [0.15, 0.2) is 0 Å². The molecule has 0 radical (unpaired) electrons. The van der Waals surface area contributed by atoms with E-state index in [1.165, 1.54) is 0 Å². The number of hydrogen-bond donors (Lipinski definition) is 2. The van der Waals surface area contributed by atoms with Crippen molar-refractivity contribution in [2.24, 2.45) is 29.1 Å². The number of esters is 1. The molecule has 2 heterocycles. The lowest BCUT2D eigenvalue weighted by atomic mass is 9.60. The van der Waals surface area contributed by atoms with Gasteiger partial charge < -0.3 is 14.9 Å². The van der Waals surface area contributed by atoms with Crippen molar-refractivity contribution in [1.82, 2.24) is 4.98 Å². The van der Waals surface area contributed by atoms with Crippen LogP contribution in [0.25, 0.3) is 6.08 Å². The number of carbonyl (C=O) groups is 2. The lowest BCUT2D eigenvalue weighted by molar-refractivity contribution is -0.161. The first-order valence-corrected chi connectivity index (χ1v) is 12.8. The highest BCUT2D eigenvalue weighted by atomic mass is 16.5. The van der Waals surface area contributed by atoms with Crippen LogP contribution < -0.4 is 0 Å². The number of aryl methyl sites for hydroxylation is 1. The molecular formula is C28H39NO5. The van der Waals surface area contributed by atoms with E-state index in [4.69, 9.17) is 4.74 Å². The predicted octanol–water partition coefficient (Wildman–Crippen LogP) is 4.26. The zero-order valence-corrected chi connectivity index (χ0v) is 20.9. The summed E-state index contributed by atoms with van der Waals surface area (Å²) < 4.78 is 5.93. The van der Waals surface area contributed by atoms with Crippen molar-refractivity contribution in [1.29, 1.82) is 0 Å². The van der Waals surface area contributed by atoms with Gasteiger partial charge in [-0.3, -0.25) is 14.6 Å². The van der Waals surface area contributed by atoms with Gasteiger partial charge in [-0.05, 0) is 80.6 Å². The molecule has 2 bridgehead atoms. The number of carbonyl (C=O) groups excluding carboxylic acids is 2. The summed E-state index contributed by atoms with van der Waals surface area (Å²) in [5.41, 5.74) is 1.79. The lowest BCUT2D eigenvalue weighted by Gasteiger charge is -2.45. The molecule has 1 saturated heterocycles. The second-order valence-corrected chi connectivity index (χ2v) is 11.3. The Morgan fingerprint density at radius 2 is 1.88 bits per heavy atom. The van der Waals surface area contributed by atoms with Crippen molar-refractivity contribution < 1.29 is 24.5 Å². The van der Waals surface area contributed by atoms with Crippen LogP contribution in [0.3, 0.4) is 0 Å². The number of cyclic esters (lactones) is 1. The molecule has 8 atom stereocenters. The van der Waals surface area contributed by atoms with Gasteiger partial charge in [0, 0.05) is 12.1 Å². The highest BCUT2D eigenvalue weighted by Gasteiger charge is 2.52. The van der Waals surface area contributed by atoms with Gasteiger partial charge in [0.25, 0.3) is 0 Å². The van der Waals surface area contributed by atoms with E-state index in [2.05, 4.69) is 4.98 Å². The molecule has 3 aliphatic rings. The Hall–Kier alpha value is -2.05. The molecule has 0 amide bonds. The Kier molecular flexibility index (Phi) is 7.30. The van der Waals surface area contributed by atoms with Gasteiger partial charge in [-0.15, -0.1) is 0 Å². The Morgan fingerprint density at radius 3 is 2.59 bits per heavy atom. The van der Waals surface area contributed by atoms with E-state index in [1.54, 1.807) is 13.8 Å². The molecule has 0 unspecified atom stereocenters. The van der Waals surface area contributed by atoms with Crippen LogP contribution in [0.4, 0.5) is 0 Å². The molecule has 186 valence electrons. The van der Waals surface area contributed by atoms with E-state index < -0.39 is 29.5 Å². The van der Waals surface area contributed by atoms with Crippen LogP contribution in [0.15, 0.2) is 23.9 Å². The first-order chi connectivity index (χ1) is 16.1. The number of Topliss-reactive ketones (excluding diaryl/α,β-unsaturated/α-hetero) is 1. The molecule has 4 rings (SSSR count). The fourth-order valence-corrected chi connectivity index (χ4v) is 6.10. The molecule has 1 aliphatic heterocycles. The van der Waals surface area contributed by atoms with Gasteiger partial charge in [0.1, 0.15) is 11.9 Å². The summed E-state index contributed by atoms with van der Waals surface area (Å²) in [6, 6.07) is 3.96. The van der Waals surface area contributed by atoms with E-state index in [1.807, 2.05) is 38.3 Å². The summed E-state index contributed by atoms with van der Waals surface area (Å²) in [4.78, 5) is 30.5. The van der Waals surface area contributed by atoms with Crippen LogP contribution in [0.1, 0.15) is 77.0 Å². The molecule has 34 heavy (non-hydrogen) atoms. The van der Waals surface area contributed by atoms with Crippen LogP contribution in [-0.4, -0.2) is 45.3 Å². The highest BCUT2D eigenvalue weighted by Crippen LogP contribution is 2.49. The van der Waals surface area contributed by atoms with E-state index in [9.17, 15) is 19.8 Å². The number of hydrogen-bond acceptors (Lipinski definition) is 6. The summed E-state index contributed by atoms with van der Waals surface area (Å²) in [5, 5.41) is 21.8. The maximum atomic E-state index is 13.1. The molecule has 6 nitrogen and oxygen atoms in total. The van der Waals surface area contributed by atoms with Crippen LogP contribution in [-0.2, 0) is 14.3 Å². The zero-order chi connectivity index (χ0) is 24.6. The summed E-state index contributed by atoms with van der Waals surface area (Å²) in [6.45, 7) is 7.45. The summed E-state index contributed by atoms with van der Waals surface area (Å²) in [7, 11) is 0. The quantitative estimate of drug-likeness (QED) is 0.629. The lowest BCUT2D eigenvalue weighted by Crippen LogP contribution is -2.54. The monoisotopic (exact) mass is 469 g/mol. The van der Waals surface area contributed by atoms with Gasteiger partial charge in [-0.2, -0.15) is 0 Å². The minimum absolute atomic E-state index is 0.0385. The molecule has 6 heteroatoms. The fourth-order valence-electron chi connectivity index (χ4n) is 6.10. The number of aliphatic hydroxyl groups is 2. The number of aromatic nitrogens is 1. The van der Waals surface area contributed by atoms with Crippen LogP contribution >= 0.6 is 0 Å². The topological polar surface area (TPSA) is 96.7 Å². The summed E-state index contributed by atoms with van der Waals surface area (Å²) >= 11 is 0. The van der Waals surface area contributed by atoms with Crippen LogP contribution in [0, 0.1) is 36.0 Å². The Labute approximate surface area is 202 Å². The number of rotatable bonds is 2. The maximum Gasteiger partial charge on any atom is 0.309 e. The van der Waals surface area contributed by atoms with Gasteiger partial charge in [-0.1, -0.05) is 32.8 Å². The largest absolute Gasteiger partial charge is 0.458 e. The minimum atomic E-state index is -1.13. The Bertz CT molecular complexity index is 941. The van der Waals surface area contributed by atoms with Crippen molar-refractivity contribution in [3.05, 3.63) is 35.2 Å². The number of pyridine rings is 1. The Balaban J connectivity index is 1.56. The second-order valence-electron chi connectivity index (χ2n) is 11.3. The van der Waals surface area contributed by atoms with Crippen molar-refractivity contribution in [3.8, 4) is 0 Å². The van der Waals surface area contributed by atoms with E-state index >= 15 is 0 Å². The molecule has 0 aromatic carbocycles. The fraction of sp³-hybridized carbons (Fsp3) is 0.679. The number of nitrogens with zero attached hydrogens (tertiary/aromatic N) is 1. The van der Waals surface area contributed by atoms with E-state index in [-0.39, 0.29) is 24.2 Å². The SMILES string of the molecule is C/C(=C\c1ccc(C)cn1)[C@H]1C[C@@H]2C[C@@H]2CCC[C@@H]2C[C@@](C)(C(=O)[C@H](C)[C@H]2O)[C@@H](O)CC(=O)O1. The van der Waals surface area contributed by atoms with Gasteiger partial charge in [0.05, 0.1) is 29.7 Å². The van der Waals surface area contributed by atoms with Crippen LogP contribution in [0.2, 0.25) is 0 Å². The number of aliphatic hydroxyl groups excluding tert-OH is 2. The molecule has 2 N–H and O–H groups in total. The summed E-state index contributed by atoms with van der Waals surface area (Å²) in [6.07, 6.45) is 6.60. The number of ketones is 1. The molecular weight excluding hydrogens is 430 g/mol. The normalized spacial score (nSPS) is 39.6. The summed E-state index contributed by atoms with van der Waals surface area (Å²) in [5.74, 6) is -0.0997. The third-order valence-corrected chi connectivity index (χ3v) is 8.58. The van der Waals surface area contributed by atoms with Gasteiger partial charge in [-0.25, -0.2) is 0 Å². The Morgan fingerprint density at radius 1 is 1.15 bits per heavy atom. The number of fused-ring (bicyclic) bond motifs is 3. The third kappa shape index (κ3) is 5.28. The van der Waals surface area contributed by atoms with Crippen molar-refractivity contribution in [2.75, 3.05) is 0 Å². The van der Waals surface area contributed by atoms with Gasteiger partial charge in [0.2, 0.25) is 0 Å². The van der Waals surface area contributed by atoms with E-state index in [0.717, 1.165) is 48.9 Å². The predicted molar refractivity (Wildman–Crippen MR) is 130 cm³/mol.